The Labute approximate surface area is 118 Å². The van der Waals surface area contributed by atoms with Crippen LogP contribution in [0.4, 0.5) is 11.4 Å². The van der Waals surface area contributed by atoms with E-state index >= 15 is 0 Å². The highest BCUT2D eigenvalue weighted by Gasteiger charge is 2.17. The fraction of sp³-hybridized carbons (Fsp3) is 0.333. The Morgan fingerprint density at radius 1 is 1.35 bits per heavy atom. The smallest absolute Gasteiger partial charge is 0.278 e. The van der Waals surface area contributed by atoms with Gasteiger partial charge >= 0.3 is 0 Å². The van der Waals surface area contributed by atoms with Gasteiger partial charge in [-0.3, -0.25) is 9.89 Å². The molecule has 106 valence electrons. The van der Waals surface area contributed by atoms with E-state index in [0.717, 1.165) is 29.8 Å². The van der Waals surface area contributed by atoms with Gasteiger partial charge in [-0.15, -0.1) is 0 Å². The molecule has 1 heterocycles. The van der Waals surface area contributed by atoms with E-state index in [9.17, 15) is 4.79 Å². The number of rotatable bonds is 4. The fourth-order valence-corrected chi connectivity index (χ4v) is 2.01. The number of H-pyrrole nitrogens is 1. The van der Waals surface area contributed by atoms with Crippen LogP contribution in [0.1, 0.15) is 40.7 Å². The van der Waals surface area contributed by atoms with Crippen LogP contribution in [0.2, 0.25) is 0 Å². The molecule has 4 N–H and O–H groups in total. The summed E-state index contributed by atoms with van der Waals surface area (Å²) in [6.45, 7) is 6.09. The standard InChI is InChI=1S/C15H20N4O/c1-4-5-12-13(16)14(19-18-12)15(20)17-11-7-6-9(2)10(3)8-11/h6-8H,4-5,16H2,1-3H3,(H,17,20)(H,18,19). The van der Waals surface area contributed by atoms with E-state index in [4.69, 9.17) is 5.73 Å². The SMILES string of the molecule is CCCc1[nH]nc(C(=O)Nc2ccc(C)c(C)c2)c1N. The zero-order valence-electron chi connectivity index (χ0n) is 12.1. The molecule has 1 aromatic heterocycles. The number of carbonyl (C=O) groups is 1. The lowest BCUT2D eigenvalue weighted by molar-refractivity contribution is 0.102. The molecular weight excluding hydrogens is 252 g/mol. The molecule has 0 aliphatic heterocycles. The number of benzene rings is 1. The minimum absolute atomic E-state index is 0.256. The van der Waals surface area contributed by atoms with Crippen molar-refractivity contribution in [3.05, 3.63) is 40.7 Å². The topological polar surface area (TPSA) is 83.8 Å². The zero-order valence-corrected chi connectivity index (χ0v) is 12.1. The van der Waals surface area contributed by atoms with Crippen LogP contribution in [0.5, 0.6) is 0 Å². The first-order valence-corrected chi connectivity index (χ1v) is 6.74. The van der Waals surface area contributed by atoms with Gasteiger partial charge in [-0.2, -0.15) is 5.10 Å². The molecule has 5 nitrogen and oxygen atoms in total. The molecule has 0 bridgehead atoms. The van der Waals surface area contributed by atoms with Crippen molar-refractivity contribution in [3.8, 4) is 0 Å². The Balaban J connectivity index is 2.17. The molecule has 0 saturated carbocycles. The number of hydrogen-bond donors (Lipinski definition) is 3. The molecule has 0 atom stereocenters. The molecule has 0 saturated heterocycles. The van der Waals surface area contributed by atoms with Crippen LogP contribution in [-0.2, 0) is 6.42 Å². The van der Waals surface area contributed by atoms with E-state index in [1.165, 1.54) is 5.56 Å². The number of aromatic amines is 1. The Morgan fingerprint density at radius 2 is 2.10 bits per heavy atom. The van der Waals surface area contributed by atoms with E-state index in [1.54, 1.807) is 0 Å². The van der Waals surface area contributed by atoms with E-state index in [1.807, 2.05) is 32.0 Å². The highest BCUT2D eigenvalue weighted by Crippen LogP contribution is 2.19. The molecule has 2 aromatic rings. The van der Waals surface area contributed by atoms with Gasteiger partial charge in [0.2, 0.25) is 0 Å². The van der Waals surface area contributed by atoms with Crippen molar-refractivity contribution in [1.29, 1.82) is 0 Å². The van der Waals surface area contributed by atoms with Gasteiger partial charge in [0.15, 0.2) is 5.69 Å². The van der Waals surface area contributed by atoms with Crippen molar-refractivity contribution in [2.24, 2.45) is 0 Å². The van der Waals surface area contributed by atoms with Crippen LogP contribution in [-0.4, -0.2) is 16.1 Å². The van der Waals surface area contributed by atoms with Gasteiger partial charge in [0.05, 0.1) is 11.4 Å². The minimum Gasteiger partial charge on any atom is -0.395 e. The van der Waals surface area contributed by atoms with Gasteiger partial charge in [0, 0.05) is 5.69 Å². The minimum atomic E-state index is -0.288. The van der Waals surface area contributed by atoms with E-state index in [2.05, 4.69) is 22.4 Å². The highest BCUT2D eigenvalue weighted by atomic mass is 16.2. The summed E-state index contributed by atoms with van der Waals surface area (Å²) in [7, 11) is 0. The summed E-state index contributed by atoms with van der Waals surface area (Å²) in [5.74, 6) is -0.288. The van der Waals surface area contributed by atoms with E-state index < -0.39 is 0 Å². The average Bonchev–Trinajstić information content (AvgIpc) is 2.76. The maximum Gasteiger partial charge on any atom is 0.278 e. The first kappa shape index (κ1) is 14.1. The summed E-state index contributed by atoms with van der Waals surface area (Å²) in [5, 5.41) is 9.66. The van der Waals surface area contributed by atoms with Crippen molar-refractivity contribution < 1.29 is 4.79 Å². The van der Waals surface area contributed by atoms with Gasteiger partial charge in [0.25, 0.3) is 5.91 Å². The molecule has 1 amide bonds. The van der Waals surface area contributed by atoms with Crippen LogP contribution in [0.25, 0.3) is 0 Å². The predicted molar refractivity (Wildman–Crippen MR) is 80.9 cm³/mol. The first-order chi connectivity index (χ1) is 9.52. The molecule has 20 heavy (non-hydrogen) atoms. The molecule has 0 spiro atoms. The van der Waals surface area contributed by atoms with Crippen LogP contribution in [0.15, 0.2) is 18.2 Å². The van der Waals surface area contributed by atoms with Gasteiger partial charge in [0.1, 0.15) is 0 Å². The summed E-state index contributed by atoms with van der Waals surface area (Å²) in [4.78, 5) is 12.2. The first-order valence-electron chi connectivity index (χ1n) is 6.74. The number of aromatic nitrogens is 2. The molecule has 0 aliphatic carbocycles. The van der Waals surface area contributed by atoms with Crippen molar-refractivity contribution in [3.63, 3.8) is 0 Å². The lowest BCUT2D eigenvalue weighted by Gasteiger charge is -2.06. The normalized spacial score (nSPS) is 10.6. The number of nitrogens with two attached hydrogens (primary N) is 1. The summed E-state index contributed by atoms with van der Waals surface area (Å²) in [6, 6.07) is 5.78. The fourth-order valence-electron chi connectivity index (χ4n) is 2.01. The van der Waals surface area contributed by atoms with Gasteiger partial charge in [-0.25, -0.2) is 0 Å². The number of nitrogens with one attached hydrogen (secondary N) is 2. The Kier molecular flexibility index (Phi) is 4.08. The molecule has 2 rings (SSSR count). The van der Waals surface area contributed by atoms with Gasteiger partial charge < -0.3 is 11.1 Å². The largest absolute Gasteiger partial charge is 0.395 e. The van der Waals surface area contributed by atoms with Crippen molar-refractivity contribution in [2.75, 3.05) is 11.1 Å². The predicted octanol–water partition coefficient (Wildman–Crippen LogP) is 2.81. The number of carbonyl (C=O) groups excluding carboxylic acids is 1. The third-order valence-electron chi connectivity index (χ3n) is 3.36. The molecule has 0 fully saturated rings. The molecule has 1 aromatic carbocycles. The quantitative estimate of drug-likeness (QED) is 0.800. The Hall–Kier alpha value is -2.30. The van der Waals surface area contributed by atoms with Crippen LogP contribution in [0, 0.1) is 13.8 Å². The van der Waals surface area contributed by atoms with Crippen LogP contribution < -0.4 is 11.1 Å². The van der Waals surface area contributed by atoms with Crippen molar-refractivity contribution in [1.82, 2.24) is 10.2 Å². The van der Waals surface area contributed by atoms with Crippen molar-refractivity contribution in [2.45, 2.75) is 33.6 Å². The average molecular weight is 272 g/mol. The number of hydrogen-bond acceptors (Lipinski definition) is 3. The maximum absolute atomic E-state index is 12.2. The summed E-state index contributed by atoms with van der Waals surface area (Å²) in [6.07, 6.45) is 1.74. The molecule has 5 heteroatoms. The third-order valence-corrected chi connectivity index (χ3v) is 3.36. The Bertz CT molecular complexity index is 631. The summed E-state index contributed by atoms with van der Waals surface area (Å²) < 4.78 is 0. The third kappa shape index (κ3) is 2.82. The van der Waals surface area contributed by atoms with Crippen LogP contribution in [0.3, 0.4) is 0 Å². The number of aryl methyl sites for hydroxylation is 3. The highest BCUT2D eigenvalue weighted by molar-refractivity contribution is 6.06. The second-order valence-corrected chi connectivity index (χ2v) is 4.97. The lowest BCUT2D eigenvalue weighted by atomic mass is 10.1. The summed E-state index contributed by atoms with van der Waals surface area (Å²) >= 11 is 0. The number of anilines is 2. The number of amides is 1. The summed E-state index contributed by atoms with van der Waals surface area (Å²) in [5.41, 5.74) is 10.5. The number of nitrogens with zero attached hydrogens (tertiary/aromatic N) is 1. The van der Waals surface area contributed by atoms with E-state index in [0.29, 0.717) is 5.69 Å². The van der Waals surface area contributed by atoms with E-state index in [-0.39, 0.29) is 11.6 Å². The second kappa shape index (κ2) is 5.77. The number of nitrogen functional groups attached to an aromatic ring is 1. The lowest BCUT2D eigenvalue weighted by Crippen LogP contribution is -2.14. The maximum atomic E-state index is 12.2. The second-order valence-electron chi connectivity index (χ2n) is 4.97. The molecule has 0 radical (unpaired) electrons. The Morgan fingerprint density at radius 3 is 2.75 bits per heavy atom. The zero-order chi connectivity index (χ0) is 14.7. The monoisotopic (exact) mass is 272 g/mol. The molecule has 0 unspecified atom stereocenters. The van der Waals surface area contributed by atoms with Gasteiger partial charge in [-0.1, -0.05) is 19.4 Å². The van der Waals surface area contributed by atoms with Crippen molar-refractivity contribution >= 4 is 17.3 Å². The van der Waals surface area contributed by atoms with Crippen LogP contribution >= 0.6 is 0 Å². The van der Waals surface area contributed by atoms with Gasteiger partial charge in [-0.05, 0) is 43.5 Å². The molecular formula is C15H20N4O. The molecule has 0 aliphatic rings.